The lowest BCUT2D eigenvalue weighted by Crippen LogP contribution is -2.34. The SMILES string of the molecule is COc1cc(C)cc(OC)c1[C@H](N)C1CCNCC1.Cl. The Morgan fingerprint density at radius 2 is 1.65 bits per heavy atom. The zero-order valence-corrected chi connectivity index (χ0v) is 13.3. The van der Waals surface area contributed by atoms with Crippen LogP contribution in [0.2, 0.25) is 0 Å². The van der Waals surface area contributed by atoms with Gasteiger partial charge in [-0.25, -0.2) is 0 Å². The average Bonchev–Trinajstić information content (AvgIpc) is 2.46. The van der Waals surface area contributed by atoms with Crippen molar-refractivity contribution >= 4 is 12.4 Å². The molecule has 0 aliphatic carbocycles. The Kier molecular flexibility index (Phi) is 6.59. The molecule has 2 rings (SSSR count). The molecule has 20 heavy (non-hydrogen) atoms. The smallest absolute Gasteiger partial charge is 0.127 e. The summed E-state index contributed by atoms with van der Waals surface area (Å²) in [7, 11) is 3.37. The topological polar surface area (TPSA) is 56.5 Å². The maximum Gasteiger partial charge on any atom is 0.127 e. The van der Waals surface area contributed by atoms with Crippen LogP contribution in [0.4, 0.5) is 0 Å². The molecule has 1 fully saturated rings. The van der Waals surface area contributed by atoms with E-state index in [4.69, 9.17) is 15.2 Å². The molecule has 1 aromatic carbocycles. The van der Waals surface area contributed by atoms with E-state index in [1.807, 2.05) is 19.1 Å². The highest BCUT2D eigenvalue weighted by Crippen LogP contribution is 2.39. The van der Waals surface area contributed by atoms with Gasteiger partial charge < -0.3 is 20.5 Å². The first-order valence-electron chi connectivity index (χ1n) is 6.86. The van der Waals surface area contributed by atoms with Crippen molar-refractivity contribution in [3.05, 3.63) is 23.3 Å². The summed E-state index contributed by atoms with van der Waals surface area (Å²) in [5.41, 5.74) is 8.61. The van der Waals surface area contributed by atoms with E-state index in [1.54, 1.807) is 14.2 Å². The lowest BCUT2D eigenvalue weighted by atomic mass is 9.85. The van der Waals surface area contributed by atoms with Crippen molar-refractivity contribution in [3.8, 4) is 11.5 Å². The quantitative estimate of drug-likeness (QED) is 0.897. The maximum atomic E-state index is 6.48. The number of piperidine rings is 1. The molecule has 1 aliphatic rings. The van der Waals surface area contributed by atoms with Gasteiger partial charge in [0, 0.05) is 6.04 Å². The number of hydrogen-bond donors (Lipinski definition) is 2. The van der Waals surface area contributed by atoms with E-state index >= 15 is 0 Å². The number of ether oxygens (including phenoxy) is 2. The van der Waals surface area contributed by atoms with E-state index in [2.05, 4.69) is 5.32 Å². The van der Waals surface area contributed by atoms with Crippen molar-refractivity contribution < 1.29 is 9.47 Å². The molecule has 1 aromatic rings. The summed E-state index contributed by atoms with van der Waals surface area (Å²) in [6.07, 6.45) is 2.20. The van der Waals surface area contributed by atoms with Crippen molar-refractivity contribution in [1.82, 2.24) is 5.32 Å². The Morgan fingerprint density at radius 3 is 2.10 bits per heavy atom. The maximum absolute atomic E-state index is 6.48. The van der Waals surface area contributed by atoms with E-state index in [0.717, 1.165) is 48.6 Å². The Labute approximate surface area is 127 Å². The van der Waals surface area contributed by atoms with E-state index in [-0.39, 0.29) is 18.4 Å². The molecule has 1 heterocycles. The highest BCUT2D eigenvalue weighted by atomic mass is 35.5. The largest absolute Gasteiger partial charge is 0.496 e. The summed E-state index contributed by atoms with van der Waals surface area (Å²) in [5, 5.41) is 3.37. The van der Waals surface area contributed by atoms with Gasteiger partial charge in [-0.3, -0.25) is 0 Å². The minimum absolute atomic E-state index is 0. The van der Waals surface area contributed by atoms with Crippen LogP contribution in [0.25, 0.3) is 0 Å². The zero-order valence-electron chi connectivity index (χ0n) is 12.4. The Hall–Kier alpha value is -0.970. The second-order valence-corrected chi connectivity index (χ2v) is 5.20. The normalized spacial score (nSPS) is 17.2. The number of nitrogens with one attached hydrogen (secondary N) is 1. The number of nitrogens with two attached hydrogens (primary N) is 1. The molecule has 4 nitrogen and oxygen atoms in total. The van der Waals surface area contributed by atoms with Crippen LogP contribution in [0.1, 0.15) is 30.0 Å². The van der Waals surface area contributed by atoms with Gasteiger partial charge in [0.25, 0.3) is 0 Å². The Morgan fingerprint density at radius 1 is 1.15 bits per heavy atom. The summed E-state index contributed by atoms with van der Waals surface area (Å²) >= 11 is 0. The fraction of sp³-hybridized carbons (Fsp3) is 0.600. The summed E-state index contributed by atoms with van der Waals surface area (Å²) in [5.74, 6) is 2.15. The molecule has 0 amide bonds. The molecule has 1 saturated heterocycles. The predicted molar refractivity (Wildman–Crippen MR) is 84.1 cm³/mol. The molecule has 0 saturated carbocycles. The van der Waals surface area contributed by atoms with Crippen molar-refractivity contribution in [3.63, 3.8) is 0 Å². The first-order valence-corrected chi connectivity index (χ1v) is 6.86. The van der Waals surface area contributed by atoms with Crippen LogP contribution in [-0.4, -0.2) is 27.3 Å². The molecule has 1 aliphatic heterocycles. The summed E-state index contributed by atoms with van der Waals surface area (Å²) in [4.78, 5) is 0. The number of aryl methyl sites for hydroxylation is 1. The fourth-order valence-electron chi connectivity index (χ4n) is 2.84. The van der Waals surface area contributed by atoms with E-state index in [1.165, 1.54) is 0 Å². The molecule has 0 radical (unpaired) electrons. The van der Waals surface area contributed by atoms with Gasteiger partial charge in [0.2, 0.25) is 0 Å². The van der Waals surface area contributed by atoms with Crippen LogP contribution in [0.3, 0.4) is 0 Å². The highest BCUT2D eigenvalue weighted by molar-refractivity contribution is 5.85. The van der Waals surface area contributed by atoms with Crippen LogP contribution < -0.4 is 20.5 Å². The second-order valence-electron chi connectivity index (χ2n) is 5.20. The number of hydrogen-bond acceptors (Lipinski definition) is 4. The van der Waals surface area contributed by atoms with Crippen LogP contribution >= 0.6 is 12.4 Å². The highest BCUT2D eigenvalue weighted by Gasteiger charge is 2.27. The summed E-state index contributed by atoms with van der Waals surface area (Å²) < 4.78 is 11.0. The van der Waals surface area contributed by atoms with Gasteiger partial charge in [-0.05, 0) is 56.5 Å². The van der Waals surface area contributed by atoms with Crippen LogP contribution in [0, 0.1) is 12.8 Å². The molecule has 114 valence electrons. The van der Waals surface area contributed by atoms with Gasteiger partial charge in [-0.1, -0.05) is 0 Å². The molecule has 3 N–H and O–H groups in total. The van der Waals surface area contributed by atoms with E-state index in [0.29, 0.717) is 5.92 Å². The number of halogens is 1. The Bertz CT molecular complexity index is 409. The van der Waals surface area contributed by atoms with Crippen molar-refractivity contribution in [2.45, 2.75) is 25.8 Å². The number of methoxy groups -OCH3 is 2. The second kappa shape index (κ2) is 7.72. The van der Waals surface area contributed by atoms with Gasteiger partial charge in [-0.2, -0.15) is 0 Å². The van der Waals surface area contributed by atoms with Crippen molar-refractivity contribution in [2.75, 3.05) is 27.3 Å². The van der Waals surface area contributed by atoms with Gasteiger partial charge in [0.05, 0.1) is 19.8 Å². The third-order valence-corrected chi connectivity index (χ3v) is 3.91. The molecular weight excluding hydrogens is 276 g/mol. The fourth-order valence-corrected chi connectivity index (χ4v) is 2.84. The van der Waals surface area contributed by atoms with Crippen molar-refractivity contribution in [1.29, 1.82) is 0 Å². The first-order chi connectivity index (χ1) is 9.17. The van der Waals surface area contributed by atoms with Crippen LogP contribution in [-0.2, 0) is 0 Å². The van der Waals surface area contributed by atoms with Crippen LogP contribution in [0.15, 0.2) is 12.1 Å². The standard InChI is InChI=1S/C15H24N2O2.ClH/c1-10-8-12(18-2)14(13(9-10)19-3)15(16)11-4-6-17-7-5-11;/h8-9,11,15,17H,4-7,16H2,1-3H3;1H/t15-;/m1./s1. The zero-order chi connectivity index (χ0) is 13.8. The minimum Gasteiger partial charge on any atom is -0.496 e. The van der Waals surface area contributed by atoms with E-state index in [9.17, 15) is 0 Å². The monoisotopic (exact) mass is 300 g/mol. The lowest BCUT2D eigenvalue weighted by molar-refractivity contribution is 0.303. The van der Waals surface area contributed by atoms with Gasteiger partial charge >= 0.3 is 0 Å². The van der Waals surface area contributed by atoms with Gasteiger partial charge in [0.1, 0.15) is 11.5 Å². The van der Waals surface area contributed by atoms with Crippen molar-refractivity contribution in [2.24, 2.45) is 11.7 Å². The third-order valence-electron chi connectivity index (χ3n) is 3.91. The number of benzene rings is 1. The first kappa shape index (κ1) is 17.1. The Balaban J connectivity index is 0.00000200. The van der Waals surface area contributed by atoms with Gasteiger partial charge in [-0.15, -0.1) is 12.4 Å². The van der Waals surface area contributed by atoms with E-state index < -0.39 is 0 Å². The molecule has 0 aromatic heterocycles. The summed E-state index contributed by atoms with van der Waals surface area (Å²) in [6.45, 7) is 4.11. The van der Waals surface area contributed by atoms with Gasteiger partial charge in [0.15, 0.2) is 0 Å². The molecular formula is C15H25ClN2O2. The average molecular weight is 301 g/mol. The number of rotatable bonds is 4. The molecule has 0 unspecified atom stereocenters. The van der Waals surface area contributed by atoms with Crippen LogP contribution in [0.5, 0.6) is 11.5 Å². The molecule has 0 spiro atoms. The molecule has 0 bridgehead atoms. The molecule has 1 atom stereocenters. The minimum atomic E-state index is -0.0346. The summed E-state index contributed by atoms with van der Waals surface area (Å²) in [6, 6.07) is 4.02. The lowest BCUT2D eigenvalue weighted by Gasteiger charge is -2.30. The molecule has 5 heteroatoms. The predicted octanol–water partition coefficient (Wildman–Crippen LogP) is 2.43. The third kappa shape index (κ3) is 3.57.